The Morgan fingerprint density at radius 2 is 1.89 bits per heavy atom. The fraction of sp³-hybridized carbons (Fsp3) is 1.00. The first-order valence-corrected chi connectivity index (χ1v) is 11.1. The van der Waals surface area contributed by atoms with Gasteiger partial charge in [-0.2, -0.15) is 0 Å². The second-order valence-electron chi connectivity index (χ2n) is 7.67. The van der Waals surface area contributed by atoms with E-state index in [2.05, 4.69) is 45.4 Å². The number of hydrogen-bond acceptors (Lipinski definition) is 2. The number of fused-ring (bicyclic) bond motifs is 1. The fourth-order valence-electron chi connectivity index (χ4n) is 4.11. The van der Waals surface area contributed by atoms with Crippen LogP contribution in [0.25, 0.3) is 0 Å². The highest BCUT2D eigenvalue weighted by atomic mass is 28.4. The maximum atomic E-state index is 6.54. The lowest BCUT2D eigenvalue weighted by Crippen LogP contribution is -2.63. The van der Waals surface area contributed by atoms with Crippen LogP contribution in [-0.2, 0) is 4.43 Å². The molecule has 1 aliphatic heterocycles. The minimum atomic E-state index is -1.42. The molecule has 3 heteroatoms. The van der Waals surface area contributed by atoms with E-state index in [1.54, 1.807) is 0 Å². The Balaban J connectivity index is 2.21. The van der Waals surface area contributed by atoms with Crippen LogP contribution in [0.4, 0.5) is 0 Å². The van der Waals surface area contributed by atoms with Gasteiger partial charge >= 0.3 is 0 Å². The van der Waals surface area contributed by atoms with Crippen LogP contribution in [-0.4, -0.2) is 37.9 Å². The van der Waals surface area contributed by atoms with Gasteiger partial charge in [-0.25, -0.2) is 0 Å². The molecule has 1 saturated carbocycles. The lowest BCUT2D eigenvalue weighted by Gasteiger charge is -2.57. The molecule has 0 bridgehead atoms. The average molecular weight is 270 g/mol. The van der Waals surface area contributed by atoms with Gasteiger partial charge in [0.2, 0.25) is 0 Å². The van der Waals surface area contributed by atoms with E-state index in [9.17, 15) is 0 Å². The van der Waals surface area contributed by atoms with Crippen LogP contribution in [0.2, 0.25) is 19.6 Å². The third-order valence-electron chi connectivity index (χ3n) is 5.24. The van der Waals surface area contributed by atoms with E-state index in [4.69, 9.17) is 4.43 Å². The third-order valence-corrected chi connectivity index (χ3v) is 6.25. The quantitative estimate of drug-likeness (QED) is 0.705. The van der Waals surface area contributed by atoms with Gasteiger partial charge in [0.05, 0.1) is 6.10 Å². The molecule has 0 spiro atoms. The Kier molecular flexibility index (Phi) is 3.97. The van der Waals surface area contributed by atoms with Crippen molar-refractivity contribution in [1.82, 2.24) is 4.90 Å². The molecular formula is C15H31NOSi. The standard InChI is InChI=1S/C15H31NOSi/c1-12-11-14(17-18(4,5)6)13-9-7-8-10-15(13,2)16(12)3/h12-14H,7-11H2,1-6H3. The Morgan fingerprint density at radius 1 is 1.22 bits per heavy atom. The number of piperidine rings is 1. The van der Waals surface area contributed by atoms with Gasteiger partial charge in [-0.3, -0.25) is 4.90 Å². The van der Waals surface area contributed by atoms with E-state index >= 15 is 0 Å². The highest BCUT2D eigenvalue weighted by Gasteiger charge is 2.50. The van der Waals surface area contributed by atoms with Gasteiger partial charge in [0.25, 0.3) is 0 Å². The number of rotatable bonds is 2. The molecule has 1 heterocycles. The number of hydrogen-bond donors (Lipinski definition) is 0. The normalized spacial score (nSPS) is 42.7. The molecule has 0 aromatic heterocycles. The first-order chi connectivity index (χ1) is 8.24. The molecule has 0 N–H and O–H groups in total. The van der Waals surface area contributed by atoms with Crippen molar-refractivity contribution in [3.8, 4) is 0 Å². The molecule has 2 fully saturated rings. The molecule has 0 amide bonds. The van der Waals surface area contributed by atoms with Crippen LogP contribution < -0.4 is 0 Å². The number of likely N-dealkylation sites (tertiary alicyclic amines) is 1. The lowest BCUT2D eigenvalue weighted by atomic mass is 9.66. The van der Waals surface area contributed by atoms with Crippen molar-refractivity contribution in [3.05, 3.63) is 0 Å². The summed E-state index contributed by atoms with van der Waals surface area (Å²) in [5, 5.41) is 0. The Bertz CT molecular complexity index is 301. The zero-order valence-electron chi connectivity index (χ0n) is 13.1. The van der Waals surface area contributed by atoms with E-state index in [0.29, 0.717) is 17.7 Å². The van der Waals surface area contributed by atoms with Crippen molar-refractivity contribution in [1.29, 1.82) is 0 Å². The highest BCUT2D eigenvalue weighted by Crippen LogP contribution is 2.46. The van der Waals surface area contributed by atoms with E-state index < -0.39 is 8.32 Å². The largest absolute Gasteiger partial charge is 0.414 e. The predicted molar refractivity (Wildman–Crippen MR) is 80.4 cm³/mol. The van der Waals surface area contributed by atoms with Gasteiger partial charge in [0.1, 0.15) is 0 Å². The van der Waals surface area contributed by atoms with E-state index in [0.717, 1.165) is 5.92 Å². The second kappa shape index (κ2) is 4.91. The molecule has 0 aromatic carbocycles. The molecule has 106 valence electrons. The van der Waals surface area contributed by atoms with Crippen LogP contribution in [0, 0.1) is 5.92 Å². The fourth-order valence-corrected chi connectivity index (χ4v) is 5.28. The monoisotopic (exact) mass is 269 g/mol. The minimum Gasteiger partial charge on any atom is -0.414 e. The van der Waals surface area contributed by atoms with Crippen molar-refractivity contribution in [2.24, 2.45) is 5.92 Å². The van der Waals surface area contributed by atoms with Gasteiger partial charge in [-0.1, -0.05) is 12.8 Å². The minimum absolute atomic E-state index is 0.375. The van der Waals surface area contributed by atoms with Crippen molar-refractivity contribution in [2.45, 2.75) is 83.3 Å². The maximum Gasteiger partial charge on any atom is 0.184 e. The SMILES string of the molecule is CC1CC(O[Si](C)(C)C)C2CCCCC2(C)N1C. The summed E-state index contributed by atoms with van der Waals surface area (Å²) in [4.78, 5) is 2.64. The van der Waals surface area contributed by atoms with Crippen LogP contribution in [0.3, 0.4) is 0 Å². The summed E-state index contributed by atoms with van der Waals surface area (Å²) in [6, 6.07) is 0.658. The molecule has 0 radical (unpaired) electrons. The summed E-state index contributed by atoms with van der Waals surface area (Å²) in [6.07, 6.45) is 7.24. The highest BCUT2D eigenvalue weighted by molar-refractivity contribution is 6.69. The van der Waals surface area contributed by atoms with E-state index in [1.165, 1.54) is 32.1 Å². The summed E-state index contributed by atoms with van der Waals surface area (Å²) in [7, 11) is 0.903. The van der Waals surface area contributed by atoms with Gasteiger partial charge in [0, 0.05) is 17.5 Å². The maximum absolute atomic E-state index is 6.54. The van der Waals surface area contributed by atoms with Crippen LogP contribution in [0.1, 0.15) is 46.0 Å². The first-order valence-electron chi connectivity index (χ1n) is 7.65. The topological polar surface area (TPSA) is 12.5 Å². The van der Waals surface area contributed by atoms with Crippen molar-refractivity contribution in [3.63, 3.8) is 0 Å². The summed E-state index contributed by atoms with van der Waals surface area (Å²) >= 11 is 0. The lowest BCUT2D eigenvalue weighted by molar-refractivity contribution is -0.0963. The summed E-state index contributed by atoms with van der Waals surface area (Å²) in [5.74, 6) is 0.749. The molecule has 18 heavy (non-hydrogen) atoms. The molecular weight excluding hydrogens is 238 g/mol. The Morgan fingerprint density at radius 3 is 2.50 bits per heavy atom. The van der Waals surface area contributed by atoms with Crippen LogP contribution in [0.15, 0.2) is 0 Å². The molecule has 0 aromatic rings. The van der Waals surface area contributed by atoms with Gasteiger partial charge in [0.15, 0.2) is 8.32 Å². The van der Waals surface area contributed by atoms with Gasteiger partial charge in [-0.15, -0.1) is 0 Å². The Hall–Kier alpha value is 0.137. The van der Waals surface area contributed by atoms with Crippen molar-refractivity contribution in [2.75, 3.05) is 7.05 Å². The van der Waals surface area contributed by atoms with Gasteiger partial charge in [-0.05, 0) is 59.8 Å². The van der Waals surface area contributed by atoms with Gasteiger partial charge < -0.3 is 4.43 Å². The summed E-state index contributed by atoms with van der Waals surface area (Å²) in [5.41, 5.74) is 0.375. The molecule has 4 unspecified atom stereocenters. The molecule has 2 nitrogen and oxygen atoms in total. The molecule has 2 aliphatic rings. The molecule has 1 saturated heterocycles. The van der Waals surface area contributed by atoms with E-state index in [1.807, 2.05) is 0 Å². The van der Waals surface area contributed by atoms with E-state index in [-0.39, 0.29) is 0 Å². The summed E-state index contributed by atoms with van der Waals surface area (Å²) in [6.45, 7) is 11.8. The third kappa shape index (κ3) is 2.68. The zero-order chi connectivity index (χ0) is 13.6. The molecule has 4 atom stereocenters. The zero-order valence-corrected chi connectivity index (χ0v) is 14.1. The first kappa shape index (κ1) is 14.5. The van der Waals surface area contributed by atoms with Crippen LogP contribution >= 0.6 is 0 Å². The smallest absolute Gasteiger partial charge is 0.184 e. The Labute approximate surface area is 114 Å². The molecule has 1 aliphatic carbocycles. The summed E-state index contributed by atoms with van der Waals surface area (Å²) < 4.78 is 6.54. The van der Waals surface area contributed by atoms with Crippen LogP contribution in [0.5, 0.6) is 0 Å². The predicted octanol–water partition coefficient (Wildman–Crippen LogP) is 3.88. The molecule has 2 rings (SSSR count). The second-order valence-corrected chi connectivity index (χ2v) is 12.1. The average Bonchev–Trinajstić information content (AvgIpc) is 2.24. The number of nitrogens with zero attached hydrogens (tertiary/aromatic N) is 1. The van der Waals surface area contributed by atoms with Crippen molar-refractivity contribution >= 4 is 8.32 Å². The van der Waals surface area contributed by atoms with Crippen molar-refractivity contribution < 1.29 is 4.43 Å².